The largest absolute Gasteiger partial charge is 0.212 e. The van der Waals surface area contributed by atoms with Gasteiger partial charge in [0, 0.05) is 0 Å². The van der Waals surface area contributed by atoms with E-state index >= 15 is 0 Å². The van der Waals surface area contributed by atoms with Crippen LogP contribution >= 0.6 is 0 Å². The van der Waals surface area contributed by atoms with Gasteiger partial charge in [0.25, 0.3) is 0 Å². The van der Waals surface area contributed by atoms with Crippen LogP contribution in [0.25, 0.3) is 0 Å². The fraction of sp³-hybridized carbons (Fsp3) is 0.917. The number of nitrogens with zero attached hydrogens (tertiary/aromatic N) is 1. The molecule has 0 saturated heterocycles. The first-order valence-corrected chi connectivity index (χ1v) is 8.05. The molecule has 0 amide bonds. The molecule has 1 rings (SSSR count). The van der Waals surface area contributed by atoms with E-state index in [0.717, 1.165) is 19.3 Å². The normalized spacial score (nSPS) is 29.8. The van der Waals surface area contributed by atoms with Gasteiger partial charge in [-0.2, -0.15) is 9.98 Å². The zero-order valence-corrected chi connectivity index (χ0v) is 11.5. The van der Waals surface area contributed by atoms with Crippen molar-refractivity contribution in [3.63, 3.8) is 0 Å². The van der Waals surface area contributed by atoms with Crippen LogP contribution in [-0.4, -0.2) is 19.7 Å². The zero-order valence-electron chi connectivity index (χ0n) is 10.7. The van der Waals surface area contributed by atoms with Crippen molar-refractivity contribution in [3.8, 4) is 6.07 Å². The predicted molar refractivity (Wildman–Crippen MR) is 67.8 cm³/mol. The van der Waals surface area contributed by atoms with Gasteiger partial charge in [-0.05, 0) is 38.0 Å². The van der Waals surface area contributed by atoms with Crippen LogP contribution in [0.5, 0.6) is 0 Å². The predicted octanol–water partition coefficient (Wildman–Crippen LogP) is 2.18. The van der Waals surface area contributed by atoms with E-state index in [1.165, 1.54) is 0 Å². The highest BCUT2D eigenvalue weighted by molar-refractivity contribution is 7.89. The molecule has 0 heterocycles. The highest BCUT2D eigenvalue weighted by Gasteiger charge is 2.38. The van der Waals surface area contributed by atoms with Gasteiger partial charge in [0.05, 0.1) is 11.8 Å². The third-order valence-corrected chi connectivity index (χ3v) is 5.22. The average molecular weight is 258 g/mol. The third-order valence-electron chi connectivity index (χ3n) is 3.57. The number of sulfonamides is 1. The van der Waals surface area contributed by atoms with Crippen LogP contribution in [0.2, 0.25) is 0 Å². The van der Waals surface area contributed by atoms with Crippen molar-refractivity contribution in [2.24, 2.45) is 5.92 Å². The van der Waals surface area contributed by atoms with Crippen molar-refractivity contribution in [2.75, 3.05) is 5.75 Å². The van der Waals surface area contributed by atoms with E-state index in [9.17, 15) is 13.7 Å². The van der Waals surface area contributed by atoms with Gasteiger partial charge in [0.1, 0.15) is 5.54 Å². The van der Waals surface area contributed by atoms with Gasteiger partial charge in [-0.1, -0.05) is 20.3 Å². The number of nitrogens with one attached hydrogen (secondary N) is 1. The molecule has 98 valence electrons. The summed E-state index contributed by atoms with van der Waals surface area (Å²) in [5.41, 5.74) is -0.848. The standard InChI is InChI=1S/C12H22N2O2S/c1-3-9-17(15,16)14-12(10-13)7-5-11(4-2)6-8-12/h11,14H,3-9H2,1-2H3. The SMILES string of the molecule is CCCS(=O)(=O)NC1(C#N)CCC(CC)CC1. The van der Waals surface area contributed by atoms with E-state index in [2.05, 4.69) is 17.7 Å². The molecule has 0 aromatic heterocycles. The Labute approximate surface area is 104 Å². The van der Waals surface area contributed by atoms with Crippen LogP contribution in [-0.2, 0) is 10.0 Å². The monoisotopic (exact) mass is 258 g/mol. The van der Waals surface area contributed by atoms with Crippen LogP contribution in [0.3, 0.4) is 0 Å². The molecule has 0 aromatic carbocycles. The summed E-state index contributed by atoms with van der Waals surface area (Å²) in [6.07, 6.45) is 4.87. The van der Waals surface area contributed by atoms with E-state index in [-0.39, 0.29) is 5.75 Å². The molecule has 0 aliphatic heterocycles. The highest BCUT2D eigenvalue weighted by atomic mass is 32.2. The molecule has 1 fully saturated rings. The maximum atomic E-state index is 11.8. The topological polar surface area (TPSA) is 70.0 Å². The minimum Gasteiger partial charge on any atom is -0.212 e. The molecule has 1 saturated carbocycles. The van der Waals surface area contributed by atoms with Gasteiger partial charge in [-0.3, -0.25) is 0 Å². The van der Waals surface area contributed by atoms with Crippen molar-refractivity contribution >= 4 is 10.0 Å². The lowest BCUT2D eigenvalue weighted by Crippen LogP contribution is -2.50. The summed E-state index contributed by atoms with van der Waals surface area (Å²) in [5, 5.41) is 9.26. The quantitative estimate of drug-likeness (QED) is 0.821. The molecule has 0 spiro atoms. The summed E-state index contributed by atoms with van der Waals surface area (Å²) in [6.45, 7) is 3.97. The summed E-state index contributed by atoms with van der Waals surface area (Å²) >= 11 is 0. The Kier molecular flexibility index (Phi) is 4.96. The lowest BCUT2D eigenvalue weighted by Gasteiger charge is -2.34. The molecule has 0 radical (unpaired) electrons. The van der Waals surface area contributed by atoms with Gasteiger partial charge in [0.15, 0.2) is 0 Å². The molecule has 0 aromatic rings. The number of rotatable bonds is 5. The molecule has 1 N–H and O–H groups in total. The van der Waals surface area contributed by atoms with Crippen molar-refractivity contribution in [2.45, 2.75) is 57.9 Å². The Morgan fingerprint density at radius 2 is 1.94 bits per heavy atom. The van der Waals surface area contributed by atoms with Crippen LogP contribution in [0.4, 0.5) is 0 Å². The van der Waals surface area contributed by atoms with E-state index in [1.807, 2.05) is 6.92 Å². The van der Waals surface area contributed by atoms with Crippen LogP contribution in [0.15, 0.2) is 0 Å². The third kappa shape index (κ3) is 3.97. The fourth-order valence-corrected chi connectivity index (χ4v) is 3.92. The summed E-state index contributed by atoms with van der Waals surface area (Å²) in [7, 11) is -3.30. The summed E-state index contributed by atoms with van der Waals surface area (Å²) < 4.78 is 26.1. The first-order valence-electron chi connectivity index (χ1n) is 6.40. The molecule has 1 aliphatic rings. The molecule has 4 nitrogen and oxygen atoms in total. The van der Waals surface area contributed by atoms with E-state index in [1.54, 1.807) is 0 Å². The first-order chi connectivity index (χ1) is 7.97. The fourth-order valence-electron chi connectivity index (χ4n) is 2.43. The van der Waals surface area contributed by atoms with E-state index in [0.29, 0.717) is 25.2 Å². The molecule has 0 atom stereocenters. The Morgan fingerprint density at radius 3 is 2.35 bits per heavy atom. The van der Waals surface area contributed by atoms with Crippen molar-refractivity contribution < 1.29 is 8.42 Å². The second kappa shape index (κ2) is 5.83. The molecule has 0 unspecified atom stereocenters. The minimum atomic E-state index is -3.30. The molecular weight excluding hydrogens is 236 g/mol. The van der Waals surface area contributed by atoms with Gasteiger partial charge < -0.3 is 0 Å². The number of hydrogen-bond donors (Lipinski definition) is 1. The number of hydrogen-bond acceptors (Lipinski definition) is 3. The molecular formula is C12H22N2O2S. The molecule has 5 heteroatoms. The lowest BCUT2D eigenvalue weighted by atomic mass is 9.77. The number of nitriles is 1. The Bertz CT molecular complexity index is 376. The maximum Gasteiger partial charge on any atom is 0.212 e. The Balaban J connectivity index is 2.70. The lowest BCUT2D eigenvalue weighted by molar-refractivity contribution is 0.259. The van der Waals surface area contributed by atoms with Crippen molar-refractivity contribution in [3.05, 3.63) is 0 Å². The van der Waals surface area contributed by atoms with Crippen LogP contribution in [0, 0.1) is 17.2 Å². The first kappa shape index (κ1) is 14.5. The van der Waals surface area contributed by atoms with E-state index in [4.69, 9.17) is 0 Å². The minimum absolute atomic E-state index is 0.105. The smallest absolute Gasteiger partial charge is 0.212 e. The summed E-state index contributed by atoms with van der Waals surface area (Å²) in [5.74, 6) is 0.750. The molecule has 1 aliphatic carbocycles. The van der Waals surface area contributed by atoms with Crippen molar-refractivity contribution in [1.29, 1.82) is 5.26 Å². The average Bonchev–Trinajstić information content (AvgIpc) is 2.29. The summed E-state index contributed by atoms with van der Waals surface area (Å²) in [4.78, 5) is 0. The second-order valence-electron chi connectivity index (χ2n) is 4.97. The Morgan fingerprint density at radius 1 is 1.35 bits per heavy atom. The second-order valence-corrected chi connectivity index (χ2v) is 6.81. The van der Waals surface area contributed by atoms with Gasteiger partial charge in [-0.25, -0.2) is 8.42 Å². The van der Waals surface area contributed by atoms with E-state index < -0.39 is 15.6 Å². The summed E-state index contributed by atoms with van der Waals surface area (Å²) in [6, 6.07) is 2.19. The van der Waals surface area contributed by atoms with Crippen LogP contribution < -0.4 is 4.72 Å². The van der Waals surface area contributed by atoms with Gasteiger partial charge in [-0.15, -0.1) is 0 Å². The zero-order chi connectivity index (χ0) is 12.9. The van der Waals surface area contributed by atoms with Gasteiger partial charge >= 0.3 is 0 Å². The van der Waals surface area contributed by atoms with Crippen molar-refractivity contribution in [1.82, 2.24) is 4.72 Å². The van der Waals surface area contributed by atoms with Gasteiger partial charge in [0.2, 0.25) is 10.0 Å². The molecule has 0 bridgehead atoms. The molecule has 17 heavy (non-hydrogen) atoms. The maximum absolute atomic E-state index is 11.8. The van der Waals surface area contributed by atoms with Crippen LogP contribution in [0.1, 0.15) is 52.4 Å². The Hall–Kier alpha value is -0.600. The highest BCUT2D eigenvalue weighted by Crippen LogP contribution is 2.33.